The number of hydrogen-bond acceptors (Lipinski definition) is 3. The Balaban J connectivity index is 1.91. The van der Waals surface area contributed by atoms with E-state index in [9.17, 15) is 0 Å². The number of nitrogens with zero attached hydrogens (tertiary/aromatic N) is 1. The predicted molar refractivity (Wildman–Crippen MR) is 85.3 cm³/mol. The van der Waals surface area contributed by atoms with Crippen LogP contribution in [0.3, 0.4) is 0 Å². The second kappa shape index (κ2) is 5.34. The molecule has 1 heterocycles. The van der Waals surface area contributed by atoms with Crippen LogP contribution in [0.5, 0.6) is 0 Å². The van der Waals surface area contributed by atoms with Gasteiger partial charge < -0.3 is 10.2 Å². The lowest BCUT2D eigenvalue weighted by molar-refractivity contribution is 0.501. The largest absolute Gasteiger partial charge is 0.441 e. The van der Waals surface area contributed by atoms with Crippen LogP contribution < -0.4 is 5.73 Å². The third kappa shape index (κ3) is 2.69. The van der Waals surface area contributed by atoms with Crippen molar-refractivity contribution in [3.8, 4) is 0 Å². The molecule has 3 heteroatoms. The molecule has 108 valence electrons. The van der Waals surface area contributed by atoms with Crippen molar-refractivity contribution in [3.63, 3.8) is 0 Å². The fraction of sp³-hybridized carbons (Fsp3) is 0.278. The van der Waals surface area contributed by atoms with Crippen molar-refractivity contribution in [1.82, 2.24) is 4.98 Å². The zero-order valence-electron chi connectivity index (χ0n) is 12.7. The summed E-state index contributed by atoms with van der Waals surface area (Å²) in [5.41, 5.74) is 13.0. The van der Waals surface area contributed by atoms with Gasteiger partial charge in [-0.05, 0) is 49.6 Å². The maximum Gasteiger partial charge on any atom is 0.197 e. The van der Waals surface area contributed by atoms with Crippen LogP contribution in [0.15, 0.2) is 40.8 Å². The van der Waals surface area contributed by atoms with Crippen molar-refractivity contribution in [2.45, 2.75) is 33.2 Å². The first-order valence-electron chi connectivity index (χ1n) is 7.22. The van der Waals surface area contributed by atoms with E-state index >= 15 is 0 Å². The maximum atomic E-state index is 6.40. The number of rotatable bonds is 3. The van der Waals surface area contributed by atoms with Crippen LogP contribution in [-0.2, 0) is 6.42 Å². The highest BCUT2D eigenvalue weighted by Gasteiger charge is 2.16. The molecule has 21 heavy (non-hydrogen) atoms. The Labute approximate surface area is 124 Å². The summed E-state index contributed by atoms with van der Waals surface area (Å²) in [4.78, 5) is 4.51. The van der Waals surface area contributed by atoms with Gasteiger partial charge in [-0.1, -0.05) is 29.8 Å². The highest BCUT2D eigenvalue weighted by Crippen LogP contribution is 2.25. The summed E-state index contributed by atoms with van der Waals surface area (Å²) in [5, 5.41) is 0. The number of nitrogens with two attached hydrogens (primary N) is 1. The van der Waals surface area contributed by atoms with Gasteiger partial charge in [0.05, 0.1) is 0 Å². The average Bonchev–Trinajstić information content (AvgIpc) is 2.79. The van der Waals surface area contributed by atoms with Crippen LogP contribution in [0.25, 0.3) is 11.1 Å². The van der Waals surface area contributed by atoms with E-state index in [-0.39, 0.29) is 6.04 Å². The monoisotopic (exact) mass is 280 g/mol. The minimum atomic E-state index is -0.0985. The second-order valence-electron chi connectivity index (χ2n) is 5.70. The first-order valence-corrected chi connectivity index (χ1v) is 7.22. The zero-order valence-corrected chi connectivity index (χ0v) is 12.7. The van der Waals surface area contributed by atoms with Gasteiger partial charge in [0.15, 0.2) is 11.5 Å². The predicted octanol–water partition coefficient (Wildman–Crippen LogP) is 4.00. The SMILES string of the molecule is Cc1cc(C)c(C(N)Cc2nc3ccccc3o2)c(C)c1. The van der Waals surface area contributed by atoms with Crippen molar-refractivity contribution in [1.29, 1.82) is 0 Å². The van der Waals surface area contributed by atoms with E-state index in [0.29, 0.717) is 12.3 Å². The molecular formula is C18H20N2O. The molecule has 3 rings (SSSR count). The molecule has 0 bridgehead atoms. The quantitative estimate of drug-likeness (QED) is 0.789. The second-order valence-corrected chi connectivity index (χ2v) is 5.70. The Bertz CT molecular complexity index is 733. The number of fused-ring (bicyclic) bond motifs is 1. The number of para-hydroxylation sites is 2. The van der Waals surface area contributed by atoms with Crippen LogP contribution in [0, 0.1) is 20.8 Å². The van der Waals surface area contributed by atoms with Crippen molar-refractivity contribution >= 4 is 11.1 Å². The maximum absolute atomic E-state index is 6.40. The van der Waals surface area contributed by atoms with Gasteiger partial charge in [-0.2, -0.15) is 0 Å². The fourth-order valence-corrected chi connectivity index (χ4v) is 3.07. The van der Waals surface area contributed by atoms with E-state index < -0.39 is 0 Å². The lowest BCUT2D eigenvalue weighted by Crippen LogP contribution is -2.16. The van der Waals surface area contributed by atoms with Gasteiger partial charge in [0.1, 0.15) is 5.52 Å². The number of hydrogen-bond donors (Lipinski definition) is 1. The van der Waals surface area contributed by atoms with Crippen LogP contribution >= 0.6 is 0 Å². The van der Waals surface area contributed by atoms with Crippen LogP contribution in [-0.4, -0.2) is 4.98 Å². The Morgan fingerprint density at radius 2 is 1.76 bits per heavy atom. The summed E-state index contributed by atoms with van der Waals surface area (Å²) in [5.74, 6) is 0.697. The Morgan fingerprint density at radius 3 is 2.43 bits per heavy atom. The van der Waals surface area contributed by atoms with Gasteiger partial charge in [-0.3, -0.25) is 0 Å². The molecule has 0 aliphatic rings. The van der Waals surface area contributed by atoms with Gasteiger partial charge in [-0.25, -0.2) is 4.98 Å². The topological polar surface area (TPSA) is 52.0 Å². The smallest absolute Gasteiger partial charge is 0.197 e. The van der Waals surface area contributed by atoms with E-state index in [0.717, 1.165) is 11.1 Å². The van der Waals surface area contributed by atoms with Crippen LogP contribution in [0.4, 0.5) is 0 Å². The first kappa shape index (κ1) is 13.8. The number of aromatic nitrogens is 1. The Morgan fingerprint density at radius 1 is 1.10 bits per heavy atom. The summed E-state index contributed by atoms with van der Waals surface area (Å²) in [6.07, 6.45) is 0.611. The molecule has 0 saturated heterocycles. The molecule has 2 aromatic carbocycles. The van der Waals surface area contributed by atoms with Crippen LogP contribution in [0.1, 0.15) is 34.2 Å². The van der Waals surface area contributed by atoms with Crippen molar-refractivity contribution < 1.29 is 4.42 Å². The Kier molecular flexibility index (Phi) is 3.52. The third-order valence-corrected chi connectivity index (χ3v) is 3.84. The highest BCUT2D eigenvalue weighted by atomic mass is 16.3. The third-order valence-electron chi connectivity index (χ3n) is 3.84. The average molecular weight is 280 g/mol. The Hall–Kier alpha value is -2.13. The zero-order chi connectivity index (χ0) is 15.0. The van der Waals surface area contributed by atoms with Crippen molar-refractivity contribution in [3.05, 3.63) is 64.5 Å². The lowest BCUT2D eigenvalue weighted by atomic mass is 9.93. The molecule has 1 aromatic heterocycles. The van der Waals surface area contributed by atoms with E-state index in [1.54, 1.807) is 0 Å². The van der Waals surface area contributed by atoms with E-state index in [2.05, 4.69) is 37.9 Å². The van der Waals surface area contributed by atoms with Crippen molar-refractivity contribution in [2.75, 3.05) is 0 Å². The number of aryl methyl sites for hydroxylation is 3. The number of oxazole rings is 1. The fourth-order valence-electron chi connectivity index (χ4n) is 3.07. The molecule has 3 aromatic rings. The molecule has 2 N–H and O–H groups in total. The minimum absolute atomic E-state index is 0.0985. The standard InChI is InChI=1S/C18H20N2O/c1-11-8-12(2)18(13(3)9-11)14(19)10-17-20-15-6-4-5-7-16(15)21-17/h4-9,14H,10,19H2,1-3H3. The van der Waals surface area contributed by atoms with Crippen LogP contribution in [0.2, 0.25) is 0 Å². The minimum Gasteiger partial charge on any atom is -0.441 e. The van der Waals surface area contributed by atoms with E-state index in [1.165, 1.54) is 22.3 Å². The molecule has 0 aliphatic carbocycles. The molecular weight excluding hydrogens is 260 g/mol. The molecule has 0 amide bonds. The number of benzene rings is 2. The summed E-state index contributed by atoms with van der Waals surface area (Å²) in [6.45, 7) is 6.33. The summed E-state index contributed by atoms with van der Waals surface area (Å²) >= 11 is 0. The lowest BCUT2D eigenvalue weighted by Gasteiger charge is -2.17. The normalized spacial score (nSPS) is 12.8. The first-order chi connectivity index (χ1) is 10.0. The van der Waals surface area contributed by atoms with Gasteiger partial charge >= 0.3 is 0 Å². The molecule has 0 aliphatic heterocycles. The van der Waals surface area contributed by atoms with E-state index in [4.69, 9.17) is 10.2 Å². The van der Waals surface area contributed by atoms with Gasteiger partial charge in [0.2, 0.25) is 0 Å². The summed E-state index contributed by atoms with van der Waals surface area (Å²) in [7, 11) is 0. The van der Waals surface area contributed by atoms with Gasteiger partial charge in [0.25, 0.3) is 0 Å². The van der Waals surface area contributed by atoms with Gasteiger partial charge in [-0.15, -0.1) is 0 Å². The molecule has 0 radical (unpaired) electrons. The molecule has 0 spiro atoms. The van der Waals surface area contributed by atoms with Gasteiger partial charge in [0, 0.05) is 12.5 Å². The molecule has 3 nitrogen and oxygen atoms in total. The highest BCUT2D eigenvalue weighted by molar-refractivity contribution is 5.72. The molecule has 1 atom stereocenters. The summed E-state index contributed by atoms with van der Waals surface area (Å²) < 4.78 is 5.77. The van der Waals surface area contributed by atoms with E-state index in [1.807, 2.05) is 24.3 Å². The molecule has 0 saturated carbocycles. The molecule has 1 unspecified atom stereocenters. The summed E-state index contributed by atoms with van der Waals surface area (Å²) in [6, 6.07) is 12.0. The molecule has 0 fully saturated rings. The van der Waals surface area contributed by atoms with Crippen molar-refractivity contribution in [2.24, 2.45) is 5.73 Å².